The quantitative estimate of drug-likeness (QED) is 0.752. The number of nitrogens with one attached hydrogen (secondary N) is 1. The molecular weight excluding hydrogens is 406 g/mol. The summed E-state index contributed by atoms with van der Waals surface area (Å²) in [6.45, 7) is 0.370. The highest BCUT2D eigenvalue weighted by Gasteiger charge is 2.29. The fourth-order valence-electron chi connectivity index (χ4n) is 3.07. The largest absolute Gasteiger partial charge is 0.468 e. The van der Waals surface area contributed by atoms with Crippen LogP contribution in [0.3, 0.4) is 0 Å². The number of halogens is 1. The molecule has 0 radical (unpaired) electrons. The number of aromatic nitrogens is 1. The number of H-pyrrole nitrogens is 1. The van der Waals surface area contributed by atoms with Crippen molar-refractivity contribution in [1.82, 2.24) is 14.8 Å². The van der Waals surface area contributed by atoms with Crippen LogP contribution >= 0.6 is 22.9 Å². The Morgan fingerprint density at radius 1 is 1.36 bits per heavy atom. The maximum atomic E-state index is 12.7. The van der Waals surface area contributed by atoms with E-state index in [0.29, 0.717) is 33.3 Å². The molecule has 0 aliphatic carbocycles. The molecule has 148 valence electrons. The molecule has 8 nitrogen and oxygen atoms in total. The highest BCUT2D eigenvalue weighted by Crippen LogP contribution is 2.26. The highest BCUT2D eigenvalue weighted by atomic mass is 35.5. The molecule has 2 aromatic rings. The minimum atomic E-state index is -0.580. The number of pyridine rings is 1. The molecule has 0 saturated carbocycles. The van der Waals surface area contributed by atoms with Crippen LogP contribution in [0.5, 0.6) is 0 Å². The molecule has 1 aliphatic heterocycles. The Labute approximate surface area is 169 Å². The van der Waals surface area contributed by atoms with Crippen molar-refractivity contribution in [2.24, 2.45) is 0 Å². The van der Waals surface area contributed by atoms with Crippen LogP contribution in [0.25, 0.3) is 0 Å². The van der Waals surface area contributed by atoms with E-state index in [9.17, 15) is 19.2 Å². The van der Waals surface area contributed by atoms with E-state index in [-0.39, 0.29) is 24.6 Å². The molecule has 0 bridgehead atoms. The molecule has 2 aromatic heterocycles. The van der Waals surface area contributed by atoms with Crippen molar-refractivity contribution in [2.45, 2.75) is 13.0 Å². The number of ether oxygens (including phenoxy) is 1. The lowest BCUT2D eigenvalue weighted by atomic mass is 9.96. The van der Waals surface area contributed by atoms with Crippen LogP contribution < -0.4 is 5.56 Å². The normalized spacial score (nSPS) is 13.0. The molecule has 28 heavy (non-hydrogen) atoms. The molecule has 0 unspecified atom stereocenters. The fourth-order valence-corrected chi connectivity index (χ4v) is 4.08. The van der Waals surface area contributed by atoms with E-state index in [1.807, 2.05) is 0 Å². The first kappa shape index (κ1) is 20.1. The zero-order valence-corrected chi connectivity index (χ0v) is 16.9. The van der Waals surface area contributed by atoms with Gasteiger partial charge in [0.05, 0.1) is 16.3 Å². The van der Waals surface area contributed by atoms with Crippen molar-refractivity contribution in [3.63, 3.8) is 0 Å². The lowest BCUT2D eigenvalue weighted by Gasteiger charge is -2.29. The van der Waals surface area contributed by atoms with Crippen LogP contribution in [0, 0.1) is 0 Å². The Balaban J connectivity index is 1.86. The Bertz CT molecular complexity index is 999. The van der Waals surface area contributed by atoms with E-state index >= 15 is 0 Å². The zero-order chi connectivity index (χ0) is 20.4. The monoisotopic (exact) mass is 423 g/mol. The SMILES string of the molecule is COC(=O)CN(C)C(=O)c1c2c(c[nH]c1=O)CN(C(=O)c1ccc(Cl)s1)CC2. The van der Waals surface area contributed by atoms with Gasteiger partial charge in [0.2, 0.25) is 0 Å². The Morgan fingerprint density at radius 2 is 2.11 bits per heavy atom. The standard InChI is InChI=1S/C18H18ClN3O5S/c1-21(9-14(23)27-2)18(26)15-11-5-6-22(8-10(11)7-20-16(15)24)17(25)12-3-4-13(19)28-12/h3-4,7H,5-6,8-9H2,1-2H3,(H,20,24). The number of fused-ring (bicyclic) bond motifs is 1. The molecule has 0 spiro atoms. The highest BCUT2D eigenvalue weighted by molar-refractivity contribution is 7.17. The molecule has 2 amide bonds. The van der Waals surface area contributed by atoms with E-state index in [1.54, 1.807) is 17.0 Å². The summed E-state index contributed by atoms with van der Waals surface area (Å²) < 4.78 is 5.10. The number of esters is 1. The van der Waals surface area contributed by atoms with E-state index < -0.39 is 17.4 Å². The Kier molecular flexibility index (Phi) is 5.85. The lowest BCUT2D eigenvalue weighted by Crippen LogP contribution is -2.41. The van der Waals surface area contributed by atoms with Crippen molar-refractivity contribution in [3.8, 4) is 0 Å². The zero-order valence-electron chi connectivity index (χ0n) is 15.3. The fraction of sp³-hybridized carbons (Fsp3) is 0.333. The van der Waals surface area contributed by atoms with Gasteiger partial charge in [-0.15, -0.1) is 11.3 Å². The predicted octanol–water partition coefficient (Wildman–Crippen LogP) is 1.53. The number of hydrogen-bond donors (Lipinski definition) is 1. The number of nitrogens with zero attached hydrogens (tertiary/aromatic N) is 2. The van der Waals surface area contributed by atoms with Gasteiger partial charge in [-0.1, -0.05) is 11.6 Å². The molecule has 0 aromatic carbocycles. The average Bonchev–Trinajstić information content (AvgIpc) is 3.12. The van der Waals surface area contributed by atoms with Crippen molar-refractivity contribution in [1.29, 1.82) is 0 Å². The lowest BCUT2D eigenvalue weighted by molar-refractivity contribution is -0.141. The Hall–Kier alpha value is -2.65. The minimum Gasteiger partial charge on any atom is -0.468 e. The van der Waals surface area contributed by atoms with Gasteiger partial charge in [0.1, 0.15) is 12.1 Å². The summed E-state index contributed by atoms with van der Waals surface area (Å²) in [6.07, 6.45) is 1.88. The summed E-state index contributed by atoms with van der Waals surface area (Å²) in [6, 6.07) is 3.34. The number of thiophene rings is 1. The van der Waals surface area contributed by atoms with E-state index in [4.69, 9.17) is 11.6 Å². The third-order valence-electron chi connectivity index (χ3n) is 4.51. The molecule has 1 aliphatic rings. The van der Waals surface area contributed by atoms with Crippen molar-refractivity contribution in [3.05, 3.63) is 54.6 Å². The number of hydrogen-bond acceptors (Lipinski definition) is 6. The number of rotatable bonds is 4. The van der Waals surface area contributed by atoms with Gasteiger partial charge in [-0.3, -0.25) is 19.2 Å². The number of carbonyl (C=O) groups is 3. The van der Waals surface area contributed by atoms with Crippen molar-refractivity contribution < 1.29 is 19.1 Å². The maximum Gasteiger partial charge on any atom is 0.325 e. The first-order chi connectivity index (χ1) is 13.3. The summed E-state index contributed by atoms with van der Waals surface area (Å²) in [5.74, 6) is -1.29. The summed E-state index contributed by atoms with van der Waals surface area (Å²) in [5.41, 5.74) is 0.760. The second-order valence-electron chi connectivity index (χ2n) is 6.31. The molecule has 0 saturated heterocycles. The van der Waals surface area contributed by atoms with Gasteiger partial charge in [-0.05, 0) is 29.7 Å². The summed E-state index contributed by atoms with van der Waals surface area (Å²) in [4.78, 5) is 55.0. The number of methoxy groups -OCH3 is 1. The van der Waals surface area contributed by atoms with Crippen LogP contribution in [0.15, 0.2) is 23.1 Å². The van der Waals surface area contributed by atoms with Gasteiger partial charge >= 0.3 is 5.97 Å². The van der Waals surface area contributed by atoms with E-state index in [1.165, 1.54) is 31.7 Å². The van der Waals surface area contributed by atoms with Crippen LogP contribution in [0.1, 0.15) is 31.2 Å². The number of aromatic amines is 1. The van der Waals surface area contributed by atoms with Gasteiger partial charge in [-0.25, -0.2) is 0 Å². The summed E-state index contributed by atoms with van der Waals surface area (Å²) in [7, 11) is 2.65. The molecular formula is C18H18ClN3O5S. The molecule has 0 fully saturated rings. The second-order valence-corrected chi connectivity index (χ2v) is 8.03. The maximum absolute atomic E-state index is 12.7. The average molecular weight is 424 g/mol. The molecule has 1 N–H and O–H groups in total. The second kappa shape index (κ2) is 8.15. The van der Waals surface area contributed by atoms with E-state index in [0.717, 1.165) is 4.90 Å². The minimum absolute atomic E-state index is 0.00447. The van der Waals surface area contributed by atoms with Gasteiger partial charge in [-0.2, -0.15) is 0 Å². The van der Waals surface area contributed by atoms with Crippen LogP contribution in [0.2, 0.25) is 4.34 Å². The summed E-state index contributed by atoms with van der Waals surface area (Å²) in [5, 5.41) is 0. The van der Waals surface area contributed by atoms with Crippen LogP contribution in [-0.4, -0.2) is 59.8 Å². The number of carbonyl (C=O) groups excluding carboxylic acids is 3. The molecule has 3 rings (SSSR count). The van der Waals surface area contributed by atoms with Gasteiger partial charge in [0.15, 0.2) is 0 Å². The summed E-state index contributed by atoms with van der Waals surface area (Å²) >= 11 is 7.11. The Morgan fingerprint density at radius 3 is 2.75 bits per heavy atom. The van der Waals surface area contributed by atoms with Gasteiger partial charge in [0.25, 0.3) is 17.4 Å². The van der Waals surface area contributed by atoms with Gasteiger partial charge < -0.3 is 19.5 Å². The molecule has 10 heteroatoms. The first-order valence-corrected chi connectivity index (χ1v) is 9.61. The van der Waals surface area contributed by atoms with Crippen LogP contribution in [0.4, 0.5) is 0 Å². The number of amides is 2. The first-order valence-electron chi connectivity index (χ1n) is 8.42. The van der Waals surface area contributed by atoms with Gasteiger partial charge in [0, 0.05) is 26.3 Å². The molecule has 3 heterocycles. The van der Waals surface area contributed by atoms with Crippen molar-refractivity contribution >= 4 is 40.7 Å². The van der Waals surface area contributed by atoms with Crippen molar-refractivity contribution in [2.75, 3.05) is 27.2 Å². The third-order valence-corrected chi connectivity index (χ3v) is 5.73. The topological polar surface area (TPSA) is 99.8 Å². The van der Waals surface area contributed by atoms with Crippen LogP contribution in [-0.2, 0) is 22.5 Å². The third kappa shape index (κ3) is 3.95. The molecule has 0 atom stereocenters. The number of likely N-dealkylation sites (N-methyl/N-ethyl adjacent to an activating group) is 1. The predicted molar refractivity (Wildman–Crippen MR) is 104 cm³/mol. The van der Waals surface area contributed by atoms with E-state index in [2.05, 4.69) is 9.72 Å². The smallest absolute Gasteiger partial charge is 0.325 e.